The van der Waals surface area contributed by atoms with Crippen molar-refractivity contribution in [2.75, 3.05) is 11.9 Å². The first-order chi connectivity index (χ1) is 17.2. The summed E-state index contributed by atoms with van der Waals surface area (Å²) >= 11 is 9.56. The third kappa shape index (κ3) is 5.29. The molecule has 3 N–H and O–H groups in total. The normalized spacial score (nSPS) is 18.5. The Kier molecular flexibility index (Phi) is 6.82. The fourth-order valence-electron chi connectivity index (χ4n) is 4.66. The van der Waals surface area contributed by atoms with Gasteiger partial charge >= 0.3 is 6.18 Å². The van der Waals surface area contributed by atoms with Gasteiger partial charge in [0.05, 0.1) is 17.2 Å². The molecule has 0 spiro atoms. The number of alkyl halides is 3. The van der Waals surface area contributed by atoms with Gasteiger partial charge in [-0.3, -0.25) is 9.89 Å². The van der Waals surface area contributed by atoms with Gasteiger partial charge in [-0.25, -0.2) is 4.98 Å². The minimum atomic E-state index is -4.54. The van der Waals surface area contributed by atoms with Gasteiger partial charge in [0.1, 0.15) is 5.69 Å². The Bertz CT molecular complexity index is 1430. The number of hydrogen-bond acceptors (Lipinski definition) is 4. The summed E-state index contributed by atoms with van der Waals surface area (Å²) in [5.74, 6) is 0.124. The molecule has 1 fully saturated rings. The lowest BCUT2D eigenvalue weighted by Crippen LogP contribution is -2.38. The van der Waals surface area contributed by atoms with Crippen molar-refractivity contribution in [2.24, 2.45) is 5.92 Å². The molecule has 1 amide bonds. The van der Waals surface area contributed by atoms with E-state index >= 15 is 0 Å². The Labute approximate surface area is 218 Å². The quantitative estimate of drug-likeness (QED) is 0.239. The molecule has 4 aromatic rings. The van der Waals surface area contributed by atoms with Crippen molar-refractivity contribution in [1.29, 1.82) is 0 Å². The number of benzene rings is 2. The topological polar surface area (TPSA) is 82.7 Å². The number of aromatic amines is 1. The summed E-state index contributed by atoms with van der Waals surface area (Å²) in [6, 6.07) is 9.29. The first-order valence-electron chi connectivity index (χ1n) is 11.5. The molecule has 6 nitrogen and oxygen atoms in total. The van der Waals surface area contributed by atoms with Crippen LogP contribution in [-0.2, 0) is 6.18 Å². The Morgan fingerprint density at radius 1 is 1.11 bits per heavy atom. The standard InChI is InChI=1S/C25H22BrClF3N5O/c26-19-7-14(8-22-18(19)12-32-35-22)24(36)33-16-4-1-13(2-5-16)11-31-21-10-23(25(28,29)30)34-20-6-3-15(27)9-17(20)21/h3,6-10,12-13,16H,1-2,4-5,11H2,(H,31,34)(H,32,35)(H,33,36). The molecular weight excluding hydrogens is 559 g/mol. The lowest BCUT2D eigenvalue weighted by molar-refractivity contribution is -0.140. The molecule has 0 bridgehead atoms. The molecular formula is C25H22BrClF3N5O. The summed E-state index contributed by atoms with van der Waals surface area (Å²) in [6.45, 7) is 0.521. The molecule has 0 saturated heterocycles. The van der Waals surface area contributed by atoms with E-state index in [2.05, 4.69) is 41.7 Å². The van der Waals surface area contributed by atoms with E-state index in [1.165, 1.54) is 12.1 Å². The number of carbonyl (C=O) groups is 1. The van der Waals surface area contributed by atoms with Crippen LogP contribution in [0.5, 0.6) is 0 Å². The Morgan fingerprint density at radius 2 is 1.89 bits per heavy atom. The summed E-state index contributed by atoms with van der Waals surface area (Å²) in [6.07, 6.45) is 0.431. The van der Waals surface area contributed by atoms with Crippen molar-refractivity contribution < 1.29 is 18.0 Å². The number of rotatable bonds is 5. The summed E-state index contributed by atoms with van der Waals surface area (Å²) in [5, 5.41) is 15.1. The smallest absolute Gasteiger partial charge is 0.384 e. The highest BCUT2D eigenvalue weighted by Gasteiger charge is 2.33. The van der Waals surface area contributed by atoms with Crippen LogP contribution < -0.4 is 10.6 Å². The van der Waals surface area contributed by atoms with E-state index in [0.717, 1.165) is 47.1 Å². The van der Waals surface area contributed by atoms with Crippen molar-refractivity contribution in [3.63, 3.8) is 0 Å². The number of halogens is 5. The van der Waals surface area contributed by atoms with E-state index in [-0.39, 0.29) is 23.4 Å². The molecule has 11 heteroatoms. The second-order valence-corrected chi connectivity index (χ2v) is 10.4. The van der Waals surface area contributed by atoms with Crippen LogP contribution in [-0.4, -0.2) is 33.7 Å². The highest BCUT2D eigenvalue weighted by Crippen LogP contribution is 2.35. The third-order valence-electron chi connectivity index (χ3n) is 6.59. The Balaban J connectivity index is 1.21. The monoisotopic (exact) mass is 579 g/mol. The van der Waals surface area contributed by atoms with Crippen LogP contribution in [0, 0.1) is 5.92 Å². The van der Waals surface area contributed by atoms with Gasteiger partial charge in [0.15, 0.2) is 0 Å². The largest absolute Gasteiger partial charge is 0.433 e. The van der Waals surface area contributed by atoms with E-state index < -0.39 is 11.9 Å². The summed E-state index contributed by atoms with van der Waals surface area (Å²) in [5.41, 5.74) is 0.994. The molecule has 0 unspecified atom stereocenters. The number of nitrogens with one attached hydrogen (secondary N) is 3. The Morgan fingerprint density at radius 3 is 2.64 bits per heavy atom. The zero-order valence-corrected chi connectivity index (χ0v) is 21.3. The fraction of sp³-hybridized carbons (Fsp3) is 0.320. The zero-order valence-electron chi connectivity index (χ0n) is 18.9. The van der Waals surface area contributed by atoms with E-state index in [4.69, 9.17) is 11.6 Å². The van der Waals surface area contributed by atoms with Crippen molar-refractivity contribution in [2.45, 2.75) is 37.9 Å². The molecule has 0 aliphatic heterocycles. The maximum absolute atomic E-state index is 13.4. The maximum Gasteiger partial charge on any atom is 0.433 e. The van der Waals surface area contributed by atoms with Gasteiger partial charge in [-0.2, -0.15) is 18.3 Å². The average Bonchev–Trinajstić information content (AvgIpc) is 3.32. The van der Waals surface area contributed by atoms with Gasteiger partial charge < -0.3 is 10.6 Å². The molecule has 2 aromatic heterocycles. The highest BCUT2D eigenvalue weighted by atomic mass is 79.9. The molecule has 0 atom stereocenters. The van der Waals surface area contributed by atoms with Gasteiger partial charge in [0, 0.05) is 44.1 Å². The summed E-state index contributed by atoms with van der Waals surface area (Å²) in [4.78, 5) is 16.6. The number of anilines is 1. The lowest BCUT2D eigenvalue weighted by atomic mass is 9.85. The zero-order chi connectivity index (χ0) is 25.4. The number of nitrogens with zero attached hydrogens (tertiary/aromatic N) is 2. The van der Waals surface area contributed by atoms with Gasteiger partial charge in [0.25, 0.3) is 5.91 Å². The van der Waals surface area contributed by atoms with Crippen LogP contribution in [0.3, 0.4) is 0 Å². The second kappa shape index (κ2) is 9.89. The van der Waals surface area contributed by atoms with Gasteiger partial charge in [-0.15, -0.1) is 0 Å². The van der Waals surface area contributed by atoms with Crippen molar-refractivity contribution >= 4 is 60.9 Å². The van der Waals surface area contributed by atoms with Crippen LogP contribution in [0.1, 0.15) is 41.7 Å². The second-order valence-electron chi connectivity index (χ2n) is 9.08. The van der Waals surface area contributed by atoms with Crippen LogP contribution in [0.4, 0.5) is 18.9 Å². The molecule has 188 valence electrons. The van der Waals surface area contributed by atoms with E-state index in [1.807, 2.05) is 0 Å². The molecule has 36 heavy (non-hydrogen) atoms. The predicted octanol–water partition coefficient (Wildman–Crippen LogP) is 6.95. The number of pyridine rings is 1. The predicted molar refractivity (Wildman–Crippen MR) is 137 cm³/mol. The molecule has 2 aromatic carbocycles. The average molecular weight is 581 g/mol. The summed E-state index contributed by atoms with van der Waals surface area (Å²) < 4.78 is 40.9. The summed E-state index contributed by atoms with van der Waals surface area (Å²) in [7, 11) is 0. The van der Waals surface area contributed by atoms with E-state index in [9.17, 15) is 18.0 Å². The number of fused-ring (bicyclic) bond motifs is 2. The van der Waals surface area contributed by atoms with Crippen LogP contribution >= 0.6 is 27.5 Å². The lowest BCUT2D eigenvalue weighted by Gasteiger charge is -2.29. The fourth-order valence-corrected chi connectivity index (χ4v) is 5.40. The highest BCUT2D eigenvalue weighted by molar-refractivity contribution is 9.10. The van der Waals surface area contributed by atoms with Gasteiger partial charge in [-0.05, 0) is 68.0 Å². The van der Waals surface area contributed by atoms with Crippen molar-refractivity contribution in [3.05, 3.63) is 63.3 Å². The maximum atomic E-state index is 13.4. The van der Waals surface area contributed by atoms with Crippen molar-refractivity contribution in [1.82, 2.24) is 20.5 Å². The molecule has 0 radical (unpaired) electrons. The van der Waals surface area contributed by atoms with Crippen LogP contribution in [0.25, 0.3) is 21.8 Å². The number of amides is 1. The SMILES string of the molecule is O=C(NC1CCC(CNc2cc(C(F)(F)F)nc3ccc(Cl)cc23)CC1)c1cc(Br)c2cn[nH]c2c1. The molecule has 1 aliphatic carbocycles. The molecule has 5 rings (SSSR count). The van der Waals surface area contributed by atoms with Crippen molar-refractivity contribution in [3.8, 4) is 0 Å². The van der Waals surface area contributed by atoms with E-state index in [1.54, 1.807) is 24.4 Å². The number of carbonyl (C=O) groups excluding carboxylic acids is 1. The number of hydrogen-bond donors (Lipinski definition) is 3. The Hall–Kier alpha value is -2.85. The van der Waals surface area contributed by atoms with Crippen LogP contribution in [0.2, 0.25) is 5.02 Å². The first-order valence-corrected chi connectivity index (χ1v) is 12.7. The number of aromatic nitrogens is 3. The molecule has 1 aliphatic rings. The number of H-pyrrole nitrogens is 1. The molecule has 2 heterocycles. The minimum absolute atomic E-state index is 0.0439. The third-order valence-corrected chi connectivity index (χ3v) is 7.49. The first kappa shape index (κ1) is 24.8. The minimum Gasteiger partial charge on any atom is -0.384 e. The van der Waals surface area contributed by atoms with Gasteiger partial charge in [-0.1, -0.05) is 27.5 Å². The molecule has 1 saturated carbocycles. The van der Waals surface area contributed by atoms with Gasteiger partial charge in [0.2, 0.25) is 0 Å². The van der Waals surface area contributed by atoms with Crippen LogP contribution in [0.15, 0.2) is 47.1 Å². The van der Waals surface area contributed by atoms with E-state index in [0.29, 0.717) is 28.2 Å².